The number of halogens is 1. The zero-order chi connectivity index (χ0) is 13.3. The predicted octanol–water partition coefficient (Wildman–Crippen LogP) is 0.257. The molecule has 2 rings (SSSR count). The maximum Gasteiger partial charge on any atom is 0.234 e. The normalized spacial score (nSPS) is 24.6. The summed E-state index contributed by atoms with van der Waals surface area (Å²) in [5, 5.41) is 4.16. The predicted molar refractivity (Wildman–Crippen MR) is 69.7 cm³/mol. The van der Waals surface area contributed by atoms with Crippen LogP contribution in [0.15, 0.2) is 10.7 Å². The van der Waals surface area contributed by atoms with E-state index >= 15 is 0 Å². The molecule has 0 spiro atoms. The van der Waals surface area contributed by atoms with Gasteiger partial charge in [0.05, 0.1) is 28.5 Å². The van der Waals surface area contributed by atoms with E-state index in [2.05, 4.69) is 21.0 Å². The minimum absolute atomic E-state index is 0.0644. The Balaban J connectivity index is 2.14. The number of nitrogens with two attached hydrogens (primary N) is 1. The second-order valence-electron chi connectivity index (χ2n) is 4.50. The number of aryl methyl sites for hydroxylation is 1. The van der Waals surface area contributed by atoms with E-state index in [1.165, 1.54) is 0 Å². The van der Waals surface area contributed by atoms with Gasteiger partial charge >= 0.3 is 0 Å². The second-order valence-corrected chi connectivity index (χ2v) is 5.36. The van der Waals surface area contributed by atoms with Crippen LogP contribution >= 0.6 is 15.9 Å². The zero-order valence-electron chi connectivity index (χ0n) is 10.5. The molecule has 1 aromatic rings. The van der Waals surface area contributed by atoms with Crippen molar-refractivity contribution in [2.45, 2.75) is 25.1 Å². The van der Waals surface area contributed by atoms with E-state index in [0.29, 0.717) is 19.5 Å². The van der Waals surface area contributed by atoms with E-state index in [4.69, 9.17) is 10.5 Å². The van der Waals surface area contributed by atoms with Crippen LogP contribution in [0.4, 0.5) is 0 Å². The molecule has 2 N–H and O–H groups in total. The molecule has 1 saturated heterocycles. The van der Waals surface area contributed by atoms with E-state index in [1.54, 1.807) is 18.0 Å². The summed E-state index contributed by atoms with van der Waals surface area (Å²) in [5.41, 5.74) is 6.47. The van der Waals surface area contributed by atoms with Gasteiger partial charge in [-0.1, -0.05) is 0 Å². The minimum Gasteiger partial charge on any atom is -0.380 e. The molecular formula is C11H17BrN4O2. The van der Waals surface area contributed by atoms with Crippen LogP contribution in [0.25, 0.3) is 0 Å². The van der Waals surface area contributed by atoms with Crippen molar-refractivity contribution in [2.24, 2.45) is 12.8 Å². The van der Waals surface area contributed by atoms with Crippen LogP contribution in [0.3, 0.4) is 0 Å². The number of aromatic nitrogens is 2. The summed E-state index contributed by atoms with van der Waals surface area (Å²) in [6.07, 6.45) is 2.47. The summed E-state index contributed by atoms with van der Waals surface area (Å²) < 4.78 is 8.05. The standard InChI is InChI=1S/C11H17BrN4O2/c1-15-10(8(12)4-14-15)6-16-5-7(18-2)3-9(16)11(13)17/h4,7,9H,3,5-6H2,1-2H3,(H2,13,17)/t7-,9-/m0/s1. The Morgan fingerprint density at radius 3 is 2.94 bits per heavy atom. The van der Waals surface area contributed by atoms with Crippen LogP contribution < -0.4 is 5.73 Å². The average Bonchev–Trinajstić information content (AvgIpc) is 2.87. The van der Waals surface area contributed by atoms with Crippen molar-refractivity contribution in [1.82, 2.24) is 14.7 Å². The fraction of sp³-hybridized carbons (Fsp3) is 0.636. The maximum absolute atomic E-state index is 11.5. The molecule has 0 aromatic carbocycles. The molecule has 0 saturated carbocycles. The third-order valence-corrected chi connectivity index (χ3v) is 4.05. The highest BCUT2D eigenvalue weighted by molar-refractivity contribution is 9.10. The zero-order valence-corrected chi connectivity index (χ0v) is 12.1. The molecule has 1 fully saturated rings. The lowest BCUT2D eigenvalue weighted by Crippen LogP contribution is -2.40. The van der Waals surface area contributed by atoms with Gasteiger partial charge in [0.25, 0.3) is 0 Å². The number of primary amides is 1. The number of nitrogens with zero attached hydrogens (tertiary/aromatic N) is 3. The SMILES string of the molecule is CO[C@H]1C[C@@H](C(N)=O)N(Cc2c(Br)cnn2C)C1. The molecule has 7 heteroatoms. The van der Waals surface area contributed by atoms with Crippen LogP contribution in [0, 0.1) is 0 Å². The van der Waals surface area contributed by atoms with Crippen molar-refractivity contribution >= 4 is 21.8 Å². The lowest BCUT2D eigenvalue weighted by atomic mass is 10.2. The molecule has 1 aliphatic heterocycles. The highest BCUT2D eigenvalue weighted by Gasteiger charge is 2.36. The third kappa shape index (κ3) is 2.57. The van der Waals surface area contributed by atoms with Gasteiger partial charge in [-0.05, 0) is 22.4 Å². The lowest BCUT2D eigenvalue weighted by molar-refractivity contribution is -0.122. The van der Waals surface area contributed by atoms with Gasteiger partial charge in [-0.2, -0.15) is 5.10 Å². The Hall–Kier alpha value is -0.920. The van der Waals surface area contributed by atoms with Crippen molar-refractivity contribution in [3.8, 4) is 0 Å². The van der Waals surface area contributed by atoms with E-state index in [1.807, 2.05) is 11.9 Å². The molecule has 1 amide bonds. The van der Waals surface area contributed by atoms with Gasteiger partial charge in [0.1, 0.15) is 0 Å². The van der Waals surface area contributed by atoms with Crippen molar-refractivity contribution in [3.63, 3.8) is 0 Å². The number of carbonyl (C=O) groups is 1. The Morgan fingerprint density at radius 2 is 2.44 bits per heavy atom. The number of rotatable bonds is 4. The van der Waals surface area contributed by atoms with Crippen LogP contribution in [0.1, 0.15) is 12.1 Å². The van der Waals surface area contributed by atoms with Crippen LogP contribution in [-0.2, 0) is 23.1 Å². The van der Waals surface area contributed by atoms with E-state index in [9.17, 15) is 4.79 Å². The summed E-state index contributed by atoms with van der Waals surface area (Å²) in [7, 11) is 3.54. The quantitative estimate of drug-likeness (QED) is 0.864. The highest BCUT2D eigenvalue weighted by Crippen LogP contribution is 2.24. The smallest absolute Gasteiger partial charge is 0.234 e. The first-order chi connectivity index (χ1) is 8.52. The van der Waals surface area contributed by atoms with Crippen molar-refractivity contribution < 1.29 is 9.53 Å². The number of hydrogen-bond acceptors (Lipinski definition) is 4. The monoisotopic (exact) mass is 316 g/mol. The number of likely N-dealkylation sites (tertiary alicyclic amines) is 1. The topological polar surface area (TPSA) is 73.4 Å². The second kappa shape index (κ2) is 5.38. The molecule has 6 nitrogen and oxygen atoms in total. The summed E-state index contributed by atoms with van der Waals surface area (Å²) in [6.45, 7) is 1.34. The molecule has 0 aliphatic carbocycles. The minimum atomic E-state index is -0.298. The third-order valence-electron chi connectivity index (χ3n) is 3.39. The first-order valence-corrected chi connectivity index (χ1v) is 6.54. The summed E-state index contributed by atoms with van der Waals surface area (Å²) >= 11 is 3.46. The number of methoxy groups -OCH3 is 1. The summed E-state index contributed by atoms with van der Waals surface area (Å²) in [6, 6.07) is -0.267. The average molecular weight is 317 g/mol. The lowest BCUT2D eigenvalue weighted by Gasteiger charge is -2.21. The number of amides is 1. The first-order valence-electron chi connectivity index (χ1n) is 5.75. The first kappa shape index (κ1) is 13.5. The number of hydrogen-bond donors (Lipinski definition) is 1. The summed E-state index contributed by atoms with van der Waals surface area (Å²) in [4.78, 5) is 13.5. The highest BCUT2D eigenvalue weighted by atomic mass is 79.9. The Kier molecular flexibility index (Phi) is 4.04. The van der Waals surface area contributed by atoms with E-state index < -0.39 is 0 Å². The number of ether oxygens (including phenoxy) is 1. The fourth-order valence-electron chi connectivity index (χ4n) is 2.31. The number of carbonyl (C=O) groups excluding carboxylic acids is 1. The van der Waals surface area contributed by atoms with Gasteiger partial charge in [0, 0.05) is 27.2 Å². The molecule has 0 unspecified atom stereocenters. The molecule has 0 radical (unpaired) electrons. The van der Waals surface area contributed by atoms with Gasteiger partial charge in [-0.3, -0.25) is 14.4 Å². The van der Waals surface area contributed by atoms with Crippen molar-refractivity contribution in [3.05, 3.63) is 16.4 Å². The molecule has 0 bridgehead atoms. The Labute approximate surface area is 114 Å². The van der Waals surface area contributed by atoms with Gasteiger partial charge < -0.3 is 10.5 Å². The molecule has 2 atom stereocenters. The van der Waals surface area contributed by atoms with Crippen LogP contribution in [0.5, 0.6) is 0 Å². The Morgan fingerprint density at radius 1 is 1.72 bits per heavy atom. The van der Waals surface area contributed by atoms with Gasteiger partial charge in [-0.25, -0.2) is 0 Å². The fourth-order valence-corrected chi connectivity index (χ4v) is 2.78. The molecule has 18 heavy (non-hydrogen) atoms. The van der Waals surface area contributed by atoms with Gasteiger partial charge in [0.15, 0.2) is 0 Å². The Bertz CT molecular complexity index is 429. The van der Waals surface area contributed by atoms with Gasteiger partial charge in [0.2, 0.25) is 5.91 Å². The maximum atomic E-state index is 11.5. The molecule has 2 heterocycles. The van der Waals surface area contributed by atoms with Crippen LogP contribution in [-0.4, -0.2) is 46.4 Å². The van der Waals surface area contributed by atoms with E-state index in [-0.39, 0.29) is 18.1 Å². The molecular weight excluding hydrogens is 300 g/mol. The van der Waals surface area contributed by atoms with Gasteiger partial charge in [-0.15, -0.1) is 0 Å². The molecule has 1 aliphatic rings. The van der Waals surface area contributed by atoms with E-state index in [0.717, 1.165) is 10.2 Å². The van der Waals surface area contributed by atoms with Crippen molar-refractivity contribution in [2.75, 3.05) is 13.7 Å². The molecule has 1 aromatic heterocycles. The molecule has 100 valence electrons. The van der Waals surface area contributed by atoms with Crippen LogP contribution in [0.2, 0.25) is 0 Å². The van der Waals surface area contributed by atoms with Crippen molar-refractivity contribution in [1.29, 1.82) is 0 Å². The largest absolute Gasteiger partial charge is 0.380 e. The summed E-state index contributed by atoms with van der Waals surface area (Å²) in [5.74, 6) is -0.298.